The molecule has 0 aliphatic heterocycles. The largest absolute Gasteiger partial charge is 0.462 e. The van der Waals surface area contributed by atoms with Crippen molar-refractivity contribution in [3.63, 3.8) is 0 Å². The summed E-state index contributed by atoms with van der Waals surface area (Å²) in [5, 5.41) is 8.98. The van der Waals surface area contributed by atoms with E-state index in [1.165, 1.54) is 5.56 Å². The summed E-state index contributed by atoms with van der Waals surface area (Å²) in [5.74, 6) is 2.06. The maximum absolute atomic E-state index is 8.98. The van der Waals surface area contributed by atoms with Crippen LogP contribution in [0.2, 0.25) is 0 Å². The van der Waals surface area contributed by atoms with E-state index in [4.69, 9.17) is 9.52 Å². The van der Waals surface area contributed by atoms with E-state index in [0.29, 0.717) is 11.7 Å². The second-order valence-electron chi connectivity index (χ2n) is 4.14. The fraction of sp³-hybridized carbons (Fsp3) is 0.636. The highest BCUT2D eigenvalue weighted by molar-refractivity contribution is 5.24. The van der Waals surface area contributed by atoms with E-state index in [-0.39, 0.29) is 6.61 Å². The molecule has 14 heavy (non-hydrogen) atoms. The van der Waals surface area contributed by atoms with E-state index in [2.05, 4.69) is 18.7 Å². The summed E-state index contributed by atoms with van der Waals surface area (Å²) >= 11 is 0. The first kappa shape index (κ1) is 11.3. The van der Waals surface area contributed by atoms with E-state index >= 15 is 0 Å². The molecular formula is C11H19NO2. The van der Waals surface area contributed by atoms with Crippen molar-refractivity contribution in [2.45, 2.75) is 32.9 Å². The van der Waals surface area contributed by atoms with Gasteiger partial charge in [0.05, 0.1) is 6.54 Å². The fourth-order valence-corrected chi connectivity index (χ4v) is 1.48. The molecule has 0 radical (unpaired) electrons. The summed E-state index contributed by atoms with van der Waals surface area (Å²) < 4.78 is 5.54. The molecule has 80 valence electrons. The molecule has 1 aromatic rings. The van der Waals surface area contributed by atoms with E-state index < -0.39 is 0 Å². The van der Waals surface area contributed by atoms with Crippen molar-refractivity contribution in [2.24, 2.45) is 0 Å². The van der Waals surface area contributed by atoms with Crippen molar-refractivity contribution < 1.29 is 9.52 Å². The minimum absolute atomic E-state index is 0.0207. The van der Waals surface area contributed by atoms with Gasteiger partial charge in [0.2, 0.25) is 0 Å². The molecule has 0 aliphatic carbocycles. The Hall–Kier alpha value is -0.800. The highest BCUT2D eigenvalue weighted by atomic mass is 16.4. The number of hydrogen-bond acceptors (Lipinski definition) is 3. The lowest BCUT2D eigenvalue weighted by Crippen LogP contribution is -2.11. The second kappa shape index (κ2) is 4.62. The minimum atomic E-state index is -0.0207. The van der Waals surface area contributed by atoms with Crippen LogP contribution in [-0.4, -0.2) is 24.1 Å². The maximum Gasteiger partial charge on any atom is 0.129 e. The molecule has 0 spiro atoms. The summed E-state index contributed by atoms with van der Waals surface area (Å²) in [4.78, 5) is 2.06. The molecule has 0 saturated carbocycles. The zero-order valence-electron chi connectivity index (χ0n) is 9.37. The Kier molecular flexibility index (Phi) is 3.72. The summed E-state index contributed by atoms with van der Waals surface area (Å²) in [7, 11) is 4.01. The number of rotatable bonds is 4. The van der Waals surface area contributed by atoms with Gasteiger partial charge in [-0.2, -0.15) is 0 Å². The average molecular weight is 197 g/mol. The third-order valence-electron chi connectivity index (χ3n) is 2.13. The van der Waals surface area contributed by atoms with Gasteiger partial charge in [0.25, 0.3) is 0 Å². The van der Waals surface area contributed by atoms with Gasteiger partial charge in [-0.15, -0.1) is 0 Å². The smallest absolute Gasteiger partial charge is 0.129 e. The van der Waals surface area contributed by atoms with Gasteiger partial charge in [0.1, 0.15) is 18.1 Å². The predicted molar refractivity (Wildman–Crippen MR) is 56.1 cm³/mol. The van der Waals surface area contributed by atoms with Crippen LogP contribution in [0.1, 0.15) is 36.8 Å². The molecule has 3 nitrogen and oxygen atoms in total. The van der Waals surface area contributed by atoms with Crippen LogP contribution < -0.4 is 0 Å². The number of nitrogens with zero attached hydrogens (tertiary/aromatic N) is 1. The Morgan fingerprint density at radius 3 is 2.50 bits per heavy atom. The molecule has 0 unspecified atom stereocenters. The van der Waals surface area contributed by atoms with Crippen molar-refractivity contribution in [1.82, 2.24) is 4.90 Å². The first-order valence-electron chi connectivity index (χ1n) is 4.91. The molecular weight excluding hydrogens is 178 g/mol. The lowest BCUT2D eigenvalue weighted by molar-refractivity contribution is 0.237. The SMILES string of the molecule is CC(C)c1cc(CO)oc1CN(C)C. The molecule has 0 saturated heterocycles. The van der Waals surface area contributed by atoms with Crippen molar-refractivity contribution in [2.75, 3.05) is 14.1 Å². The Morgan fingerprint density at radius 1 is 1.43 bits per heavy atom. The van der Waals surface area contributed by atoms with Crippen LogP contribution >= 0.6 is 0 Å². The average Bonchev–Trinajstić information content (AvgIpc) is 2.46. The minimum Gasteiger partial charge on any atom is -0.462 e. The van der Waals surface area contributed by atoms with Crippen molar-refractivity contribution in [3.8, 4) is 0 Å². The third kappa shape index (κ3) is 2.59. The molecule has 0 fully saturated rings. The molecule has 1 aromatic heterocycles. The van der Waals surface area contributed by atoms with E-state index in [0.717, 1.165) is 12.3 Å². The molecule has 0 atom stereocenters. The summed E-state index contributed by atoms with van der Waals surface area (Å²) in [6.07, 6.45) is 0. The van der Waals surface area contributed by atoms with Gasteiger partial charge in [0.15, 0.2) is 0 Å². The molecule has 0 aliphatic rings. The van der Waals surface area contributed by atoms with Crippen molar-refractivity contribution in [1.29, 1.82) is 0 Å². The van der Waals surface area contributed by atoms with Crippen molar-refractivity contribution >= 4 is 0 Å². The zero-order chi connectivity index (χ0) is 10.7. The van der Waals surface area contributed by atoms with Crippen molar-refractivity contribution in [3.05, 3.63) is 23.2 Å². The topological polar surface area (TPSA) is 36.6 Å². The highest BCUT2D eigenvalue weighted by Crippen LogP contribution is 2.24. The number of furan rings is 1. The van der Waals surface area contributed by atoms with Gasteiger partial charge in [-0.1, -0.05) is 13.8 Å². The molecule has 1 rings (SSSR count). The van der Waals surface area contributed by atoms with Gasteiger partial charge < -0.3 is 14.4 Å². The van der Waals surface area contributed by atoms with Gasteiger partial charge in [0, 0.05) is 0 Å². The van der Waals surface area contributed by atoms with Gasteiger partial charge in [-0.3, -0.25) is 0 Å². The Labute approximate surface area is 85.3 Å². The van der Waals surface area contributed by atoms with Crippen LogP contribution in [0.25, 0.3) is 0 Å². The highest BCUT2D eigenvalue weighted by Gasteiger charge is 2.13. The Morgan fingerprint density at radius 2 is 2.07 bits per heavy atom. The van der Waals surface area contributed by atoms with Crippen LogP contribution in [0, 0.1) is 0 Å². The number of aliphatic hydroxyl groups excluding tert-OH is 1. The Bertz CT molecular complexity index is 289. The summed E-state index contributed by atoms with van der Waals surface area (Å²) in [5.41, 5.74) is 1.20. The number of hydrogen-bond donors (Lipinski definition) is 1. The molecule has 0 bridgehead atoms. The zero-order valence-corrected chi connectivity index (χ0v) is 9.37. The molecule has 0 aromatic carbocycles. The van der Waals surface area contributed by atoms with Crippen LogP contribution in [0.5, 0.6) is 0 Å². The van der Waals surface area contributed by atoms with Crippen LogP contribution in [0.3, 0.4) is 0 Å². The van der Waals surface area contributed by atoms with E-state index in [9.17, 15) is 0 Å². The summed E-state index contributed by atoms with van der Waals surface area (Å²) in [6, 6.07) is 1.95. The van der Waals surface area contributed by atoms with Gasteiger partial charge in [-0.25, -0.2) is 0 Å². The van der Waals surface area contributed by atoms with E-state index in [1.807, 2.05) is 20.2 Å². The first-order valence-corrected chi connectivity index (χ1v) is 4.91. The van der Waals surface area contributed by atoms with Crippen LogP contribution in [0.4, 0.5) is 0 Å². The number of aliphatic hydroxyl groups is 1. The van der Waals surface area contributed by atoms with Crippen LogP contribution in [-0.2, 0) is 13.2 Å². The maximum atomic E-state index is 8.98. The molecule has 1 N–H and O–H groups in total. The molecule has 3 heteroatoms. The van der Waals surface area contributed by atoms with Gasteiger partial charge in [-0.05, 0) is 31.6 Å². The molecule has 0 amide bonds. The summed E-state index contributed by atoms with van der Waals surface area (Å²) in [6.45, 7) is 5.02. The monoisotopic (exact) mass is 197 g/mol. The van der Waals surface area contributed by atoms with Crippen LogP contribution in [0.15, 0.2) is 10.5 Å². The second-order valence-corrected chi connectivity index (χ2v) is 4.14. The lowest BCUT2D eigenvalue weighted by Gasteiger charge is -2.10. The molecule has 1 heterocycles. The third-order valence-corrected chi connectivity index (χ3v) is 2.13. The van der Waals surface area contributed by atoms with Gasteiger partial charge >= 0.3 is 0 Å². The standard InChI is InChI=1S/C11H19NO2/c1-8(2)10-5-9(7-13)14-11(10)6-12(3)4/h5,8,13H,6-7H2,1-4H3. The normalized spacial score (nSPS) is 11.6. The lowest BCUT2D eigenvalue weighted by atomic mass is 10.0. The quantitative estimate of drug-likeness (QED) is 0.801. The first-order chi connectivity index (χ1) is 6.54. The fourth-order valence-electron chi connectivity index (χ4n) is 1.48. The predicted octanol–water partition coefficient (Wildman–Crippen LogP) is 1.96. The van der Waals surface area contributed by atoms with E-state index in [1.54, 1.807) is 0 Å². The Balaban J connectivity index is 2.93.